The number of rotatable bonds is 3. The van der Waals surface area contributed by atoms with E-state index in [0.717, 1.165) is 5.39 Å². The average molecular weight is 301 g/mol. The van der Waals surface area contributed by atoms with Crippen molar-refractivity contribution in [3.63, 3.8) is 0 Å². The van der Waals surface area contributed by atoms with Crippen LogP contribution in [-0.2, 0) is 0 Å². The topological polar surface area (TPSA) is 57.4 Å². The maximum atomic E-state index is 6.17. The Bertz CT molecular complexity index is 805. The minimum Gasteiger partial charge on any atom is -0.497 e. The third kappa shape index (κ3) is 2.58. The van der Waals surface area contributed by atoms with E-state index in [-0.39, 0.29) is 0 Å². The summed E-state index contributed by atoms with van der Waals surface area (Å²) in [5.74, 6) is 1.83. The number of benzene rings is 2. The standard InChI is InChI=1S/C16H13ClN2O2/c1-20-10-4-6-14(13(18)9-10)21-15-7-5-12(17)11-3-2-8-19-16(11)15/h2-9H,18H2,1H3. The molecule has 0 atom stereocenters. The second-order valence-electron chi connectivity index (χ2n) is 4.45. The molecule has 0 fully saturated rings. The number of nitrogens with two attached hydrogens (primary N) is 1. The zero-order chi connectivity index (χ0) is 14.8. The summed E-state index contributed by atoms with van der Waals surface area (Å²) in [4.78, 5) is 4.33. The maximum Gasteiger partial charge on any atom is 0.153 e. The Morgan fingerprint density at radius 1 is 1.10 bits per heavy atom. The fraction of sp³-hybridized carbons (Fsp3) is 0.0625. The number of fused-ring (bicyclic) bond motifs is 1. The normalized spacial score (nSPS) is 10.6. The summed E-state index contributed by atoms with van der Waals surface area (Å²) < 4.78 is 11.0. The minimum absolute atomic E-state index is 0.494. The molecule has 0 amide bonds. The van der Waals surface area contributed by atoms with Crippen LogP contribution in [0.1, 0.15) is 0 Å². The smallest absolute Gasteiger partial charge is 0.153 e. The zero-order valence-electron chi connectivity index (χ0n) is 11.3. The van der Waals surface area contributed by atoms with E-state index in [0.29, 0.717) is 33.5 Å². The Balaban J connectivity index is 2.04. The molecule has 0 bridgehead atoms. The summed E-state index contributed by atoms with van der Waals surface area (Å²) in [5, 5.41) is 1.47. The highest BCUT2D eigenvalue weighted by Gasteiger charge is 2.10. The Morgan fingerprint density at radius 3 is 2.67 bits per heavy atom. The summed E-state index contributed by atoms with van der Waals surface area (Å²) >= 11 is 6.17. The van der Waals surface area contributed by atoms with E-state index in [1.165, 1.54) is 0 Å². The first-order valence-corrected chi connectivity index (χ1v) is 6.71. The van der Waals surface area contributed by atoms with Gasteiger partial charge in [0.25, 0.3) is 0 Å². The first kappa shape index (κ1) is 13.5. The highest BCUT2D eigenvalue weighted by atomic mass is 35.5. The molecular weight excluding hydrogens is 288 g/mol. The molecule has 1 aromatic heterocycles. The molecule has 2 N–H and O–H groups in total. The van der Waals surface area contributed by atoms with Crippen molar-refractivity contribution in [1.82, 2.24) is 4.98 Å². The quantitative estimate of drug-likeness (QED) is 0.734. The van der Waals surface area contributed by atoms with Crippen molar-refractivity contribution in [1.29, 1.82) is 0 Å². The summed E-state index contributed by atoms with van der Waals surface area (Å²) in [6, 6.07) is 12.5. The lowest BCUT2D eigenvalue weighted by molar-refractivity contribution is 0.413. The average Bonchev–Trinajstić information content (AvgIpc) is 2.52. The predicted molar refractivity (Wildman–Crippen MR) is 84.2 cm³/mol. The molecule has 3 aromatic rings. The molecule has 1 heterocycles. The molecular formula is C16H13ClN2O2. The largest absolute Gasteiger partial charge is 0.497 e. The number of hydrogen-bond donors (Lipinski definition) is 1. The van der Waals surface area contributed by atoms with Crippen molar-refractivity contribution in [2.75, 3.05) is 12.8 Å². The van der Waals surface area contributed by atoms with Gasteiger partial charge in [-0.25, -0.2) is 0 Å². The van der Waals surface area contributed by atoms with Gasteiger partial charge in [0.1, 0.15) is 11.3 Å². The number of halogens is 1. The Kier molecular flexibility index (Phi) is 3.54. The number of anilines is 1. The molecule has 0 aliphatic heterocycles. The van der Waals surface area contributed by atoms with Crippen LogP contribution in [0.15, 0.2) is 48.7 Å². The van der Waals surface area contributed by atoms with Gasteiger partial charge >= 0.3 is 0 Å². The van der Waals surface area contributed by atoms with E-state index in [1.54, 1.807) is 43.6 Å². The van der Waals surface area contributed by atoms with Crippen LogP contribution in [0.2, 0.25) is 5.02 Å². The van der Waals surface area contributed by atoms with Crippen LogP contribution in [0.4, 0.5) is 5.69 Å². The van der Waals surface area contributed by atoms with Gasteiger partial charge < -0.3 is 15.2 Å². The van der Waals surface area contributed by atoms with E-state index >= 15 is 0 Å². The number of ether oxygens (including phenoxy) is 2. The maximum absolute atomic E-state index is 6.17. The first-order valence-electron chi connectivity index (χ1n) is 6.33. The SMILES string of the molecule is COc1ccc(Oc2ccc(Cl)c3cccnc23)c(N)c1. The van der Waals surface area contributed by atoms with E-state index in [4.69, 9.17) is 26.8 Å². The van der Waals surface area contributed by atoms with Gasteiger partial charge in [0, 0.05) is 17.6 Å². The highest BCUT2D eigenvalue weighted by Crippen LogP contribution is 2.35. The molecule has 2 aromatic carbocycles. The monoisotopic (exact) mass is 300 g/mol. The number of aromatic nitrogens is 1. The summed E-state index contributed by atoms with van der Waals surface area (Å²) in [6.07, 6.45) is 1.70. The van der Waals surface area contributed by atoms with Crippen LogP contribution < -0.4 is 15.2 Å². The molecule has 5 heteroatoms. The van der Waals surface area contributed by atoms with Crippen molar-refractivity contribution in [2.24, 2.45) is 0 Å². The van der Waals surface area contributed by atoms with Gasteiger partial charge in [-0.3, -0.25) is 4.98 Å². The Hall–Kier alpha value is -2.46. The number of nitrogens with zero attached hydrogens (tertiary/aromatic N) is 1. The molecule has 106 valence electrons. The molecule has 0 unspecified atom stereocenters. The number of methoxy groups -OCH3 is 1. The molecule has 0 spiro atoms. The molecule has 0 aliphatic rings. The van der Waals surface area contributed by atoms with Gasteiger partial charge in [-0.15, -0.1) is 0 Å². The fourth-order valence-corrected chi connectivity index (χ4v) is 2.27. The van der Waals surface area contributed by atoms with Crippen molar-refractivity contribution in [3.05, 3.63) is 53.7 Å². The lowest BCUT2D eigenvalue weighted by Gasteiger charge is -2.11. The Morgan fingerprint density at radius 2 is 1.90 bits per heavy atom. The van der Waals surface area contributed by atoms with Gasteiger partial charge in [0.2, 0.25) is 0 Å². The van der Waals surface area contributed by atoms with Gasteiger partial charge in [0.05, 0.1) is 17.8 Å². The summed E-state index contributed by atoms with van der Waals surface area (Å²) in [6.45, 7) is 0. The van der Waals surface area contributed by atoms with Gasteiger partial charge in [0.15, 0.2) is 11.5 Å². The van der Waals surface area contributed by atoms with E-state index in [9.17, 15) is 0 Å². The summed E-state index contributed by atoms with van der Waals surface area (Å²) in [5.41, 5.74) is 7.16. The van der Waals surface area contributed by atoms with Gasteiger partial charge in [-0.05, 0) is 36.4 Å². The Labute approximate surface area is 127 Å². The zero-order valence-corrected chi connectivity index (χ0v) is 12.1. The second-order valence-corrected chi connectivity index (χ2v) is 4.86. The van der Waals surface area contributed by atoms with Crippen molar-refractivity contribution < 1.29 is 9.47 Å². The molecule has 0 saturated heterocycles. The molecule has 0 radical (unpaired) electrons. The third-order valence-electron chi connectivity index (χ3n) is 3.12. The molecule has 21 heavy (non-hydrogen) atoms. The lowest BCUT2D eigenvalue weighted by Crippen LogP contribution is -1.94. The van der Waals surface area contributed by atoms with Crippen molar-refractivity contribution in [3.8, 4) is 17.2 Å². The number of hydrogen-bond acceptors (Lipinski definition) is 4. The fourth-order valence-electron chi connectivity index (χ4n) is 2.06. The van der Waals surface area contributed by atoms with Crippen LogP contribution in [0.3, 0.4) is 0 Å². The number of nitrogen functional groups attached to an aromatic ring is 1. The van der Waals surface area contributed by atoms with Crippen molar-refractivity contribution >= 4 is 28.2 Å². The third-order valence-corrected chi connectivity index (χ3v) is 3.45. The van der Waals surface area contributed by atoms with Gasteiger partial charge in [-0.2, -0.15) is 0 Å². The van der Waals surface area contributed by atoms with Gasteiger partial charge in [-0.1, -0.05) is 11.6 Å². The lowest BCUT2D eigenvalue weighted by atomic mass is 10.2. The second kappa shape index (κ2) is 5.50. The molecule has 4 nitrogen and oxygen atoms in total. The van der Waals surface area contributed by atoms with Crippen LogP contribution in [0.25, 0.3) is 10.9 Å². The first-order chi connectivity index (χ1) is 10.2. The summed E-state index contributed by atoms with van der Waals surface area (Å²) in [7, 11) is 1.59. The van der Waals surface area contributed by atoms with Crippen LogP contribution in [-0.4, -0.2) is 12.1 Å². The minimum atomic E-state index is 0.494. The molecule has 3 rings (SSSR count). The van der Waals surface area contributed by atoms with Crippen LogP contribution in [0.5, 0.6) is 17.2 Å². The van der Waals surface area contributed by atoms with E-state index in [2.05, 4.69) is 4.98 Å². The highest BCUT2D eigenvalue weighted by molar-refractivity contribution is 6.35. The van der Waals surface area contributed by atoms with E-state index < -0.39 is 0 Å². The van der Waals surface area contributed by atoms with Crippen molar-refractivity contribution in [2.45, 2.75) is 0 Å². The van der Waals surface area contributed by atoms with Crippen LogP contribution >= 0.6 is 11.6 Å². The van der Waals surface area contributed by atoms with Crippen LogP contribution in [0, 0.1) is 0 Å². The molecule has 0 aliphatic carbocycles. The molecule has 0 saturated carbocycles. The van der Waals surface area contributed by atoms with E-state index in [1.807, 2.05) is 12.1 Å². The number of pyridine rings is 1. The predicted octanol–water partition coefficient (Wildman–Crippen LogP) is 4.27.